The quantitative estimate of drug-likeness (QED) is 0.780. The zero-order valence-corrected chi connectivity index (χ0v) is 14.7. The number of aromatic nitrogens is 3. The Morgan fingerprint density at radius 1 is 1.35 bits per heavy atom. The number of benzene rings is 1. The summed E-state index contributed by atoms with van der Waals surface area (Å²) in [4.78, 5) is 19.3. The fraction of sp³-hybridized carbons (Fsp3) is 0.316. The van der Waals surface area contributed by atoms with E-state index >= 15 is 0 Å². The van der Waals surface area contributed by atoms with Crippen LogP contribution in [0.2, 0.25) is 0 Å². The summed E-state index contributed by atoms with van der Waals surface area (Å²) in [6.45, 7) is 2.16. The first-order valence-corrected chi connectivity index (χ1v) is 8.51. The van der Waals surface area contributed by atoms with Crippen molar-refractivity contribution in [2.45, 2.75) is 25.5 Å². The van der Waals surface area contributed by atoms with Gasteiger partial charge < -0.3 is 14.7 Å². The molecule has 3 heterocycles. The summed E-state index contributed by atoms with van der Waals surface area (Å²) in [6, 6.07) is 9.23. The molecule has 134 valence electrons. The van der Waals surface area contributed by atoms with Crippen LogP contribution in [0, 0.1) is 6.92 Å². The molecule has 0 radical (unpaired) electrons. The Hall–Kier alpha value is -2.93. The molecule has 0 spiro atoms. The van der Waals surface area contributed by atoms with Gasteiger partial charge in [0.1, 0.15) is 11.3 Å². The number of aliphatic hydroxyl groups is 1. The number of hydrogen-bond donors (Lipinski definition) is 1. The molecule has 2 unspecified atom stereocenters. The highest BCUT2D eigenvalue weighted by atomic mass is 16.5. The van der Waals surface area contributed by atoms with Gasteiger partial charge in [-0.3, -0.25) is 4.79 Å². The van der Waals surface area contributed by atoms with Crippen molar-refractivity contribution in [2.24, 2.45) is 0 Å². The van der Waals surface area contributed by atoms with Crippen molar-refractivity contribution in [1.82, 2.24) is 19.5 Å². The summed E-state index contributed by atoms with van der Waals surface area (Å²) < 4.78 is 6.88. The van der Waals surface area contributed by atoms with Gasteiger partial charge in [-0.15, -0.1) is 0 Å². The van der Waals surface area contributed by atoms with Gasteiger partial charge >= 0.3 is 0 Å². The number of aryl methyl sites for hydroxylation is 1. The number of β-amino-alcohol motifs (C(OH)–C–C–N with tert-alkyl or cyclic N) is 1. The maximum absolute atomic E-state index is 13.2. The number of likely N-dealkylation sites (tertiary alicyclic amines) is 1. The third-order valence-electron chi connectivity index (χ3n) is 4.76. The Morgan fingerprint density at radius 3 is 3.00 bits per heavy atom. The van der Waals surface area contributed by atoms with Gasteiger partial charge in [-0.05, 0) is 37.1 Å². The topological polar surface area (TPSA) is 80.0 Å². The fourth-order valence-corrected chi connectivity index (χ4v) is 3.47. The minimum absolute atomic E-state index is 0.178. The van der Waals surface area contributed by atoms with Crippen molar-refractivity contribution in [3.05, 3.63) is 59.5 Å². The van der Waals surface area contributed by atoms with Crippen LogP contribution in [0.15, 0.2) is 42.7 Å². The molecule has 0 saturated carbocycles. The highest BCUT2D eigenvalue weighted by molar-refractivity contribution is 6.00. The molecular weight excluding hydrogens is 332 g/mol. The first kappa shape index (κ1) is 16.5. The maximum atomic E-state index is 13.2. The smallest absolute Gasteiger partial charge is 0.259 e. The van der Waals surface area contributed by atoms with Crippen molar-refractivity contribution < 1.29 is 14.6 Å². The van der Waals surface area contributed by atoms with Crippen molar-refractivity contribution in [2.75, 3.05) is 13.7 Å². The van der Waals surface area contributed by atoms with E-state index < -0.39 is 6.10 Å². The summed E-state index contributed by atoms with van der Waals surface area (Å²) in [5.41, 5.74) is 2.73. The van der Waals surface area contributed by atoms with Crippen molar-refractivity contribution in [3.63, 3.8) is 0 Å². The molecule has 1 fully saturated rings. The summed E-state index contributed by atoms with van der Waals surface area (Å²) in [5, 5.41) is 14.4. The van der Waals surface area contributed by atoms with Crippen LogP contribution in [0.1, 0.15) is 34.1 Å². The minimum Gasteiger partial charge on any atom is -0.497 e. The Balaban J connectivity index is 1.71. The molecule has 1 saturated heterocycles. The van der Waals surface area contributed by atoms with Crippen LogP contribution in [0.5, 0.6) is 5.75 Å². The highest BCUT2D eigenvalue weighted by Gasteiger charge is 2.37. The van der Waals surface area contributed by atoms with Gasteiger partial charge in [-0.2, -0.15) is 5.10 Å². The molecule has 1 aliphatic heterocycles. The van der Waals surface area contributed by atoms with E-state index in [1.165, 1.54) is 6.20 Å². The van der Waals surface area contributed by atoms with Crippen molar-refractivity contribution >= 4 is 11.6 Å². The molecular formula is C19H20N4O3. The van der Waals surface area contributed by atoms with Crippen molar-refractivity contribution in [3.8, 4) is 5.75 Å². The van der Waals surface area contributed by atoms with E-state index in [9.17, 15) is 9.90 Å². The monoisotopic (exact) mass is 352 g/mol. The number of nitrogens with zero attached hydrogens (tertiary/aromatic N) is 4. The van der Waals surface area contributed by atoms with Crippen LogP contribution in [0.25, 0.3) is 5.65 Å². The van der Waals surface area contributed by atoms with Crippen LogP contribution in [-0.2, 0) is 0 Å². The number of carbonyl (C=O) groups excluding carboxylic acids is 1. The van der Waals surface area contributed by atoms with Crippen LogP contribution in [-0.4, -0.2) is 50.3 Å². The summed E-state index contributed by atoms with van der Waals surface area (Å²) in [6.07, 6.45) is 3.25. The number of aliphatic hydroxyl groups excluding tert-OH is 1. The average molecular weight is 352 g/mol. The Kier molecular flexibility index (Phi) is 4.08. The Morgan fingerprint density at radius 2 is 2.19 bits per heavy atom. The van der Waals surface area contributed by atoms with Crippen LogP contribution in [0.3, 0.4) is 0 Å². The second-order valence-corrected chi connectivity index (χ2v) is 6.53. The first-order valence-electron chi connectivity index (χ1n) is 8.51. The van der Waals surface area contributed by atoms with Gasteiger partial charge in [0.05, 0.1) is 25.5 Å². The lowest BCUT2D eigenvalue weighted by Crippen LogP contribution is -2.31. The van der Waals surface area contributed by atoms with Gasteiger partial charge in [0.15, 0.2) is 5.65 Å². The lowest BCUT2D eigenvalue weighted by atomic mass is 10.0. The zero-order chi connectivity index (χ0) is 18.3. The predicted octanol–water partition coefficient (Wildman–Crippen LogP) is 1.99. The molecule has 7 nitrogen and oxygen atoms in total. The lowest BCUT2D eigenvalue weighted by molar-refractivity contribution is 0.0717. The molecule has 1 aliphatic rings. The van der Waals surface area contributed by atoms with E-state index in [2.05, 4.69) is 10.1 Å². The van der Waals surface area contributed by atoms with E-state index in [0.29, 0.717) is 17.6 Å². The summed E-state index contributed by atoms with van der Waals surface area (Å²) in [7, 11) is 1.61. The molecule has 2 atom stereocenters. The molecule has 26 heavy (non-hydrogen) atoms. The van der Waals surface area contributed by atoms with Crippen LogP contribution < -0.4 is 4.74 Å². The van der Waals surface area contributed by atoms with Crippen LogP contribution in [0.4, 0.5) is 0 Å². The summed E-state index contributed by atoms with van der Waals surface area (Å²) >= 11 is 0. The van der Waals surface area contributed by atoms with E-state index in [0.717, 1.165) is 17.0 Å². The second-order valence-electron chi connectivity index (χ2n) is 6.53. The molecule has 2 aromatic heterocycles. The van der Waals surface area contributed by atoms with Crippen LogP contribution >= 0.6 is 0 Å². The van der Waals surface area contributed by atoms with E-state index in [4.69, 9.17) is 4.74 Å². The normalized spacial score (nSPS) is 19.9. The molecule has 1 aromatic carbocycles. The van der Waals surface area contributed by atoms with Gasteiger partial charge in [0, 0.05) is 18.4 Å². The molecule has 0 bridgehead atoms. The first-order chi connectivity index (χ1) is 12.6. The standard InChI is InChI=1S/C19H20N4O3/c1-12-6-7-23-18(21-12)16(10-20-23)19(25)22-11-14(24)9-17(22)13-4-3-5-15(8-13)26-2/h3-8,10,14,17,24H,9,11H2,1-2H3. The highest BCUT2D eigenvalue weighted by Crippen LogP contribution is 2.35. The largest absolute Gasteiger partial charge is 0.497 e. The van der Waals surface area contributed by atoms with Gasteiger partial charge in [-0.25, -0.2) is 9.50 Å². The number of rotatable bonds is 3. The number of methoxy groups -OCH3 is 1. The predicted molar refractivity (Wildman–Crippen MR) is 95.1 cm³/mol. The zero-order valence-electron chi connectivity index (χ0n) is 14.7. The third kappa shape index (κ3) is 2.80. The fourth-order valence-electron chi connectivity index (χ4n) is 3.47. The second kappa shape index (κ2) is 6.42. The lowest BCUT2D eigenvalue weighted by Gasteiger charge is -2.24. The molecule has 1 amide bonds. The Labute approximate surface area is 150 Å². The molecule has 4 rings (SSSR count). The number of fused-ring (bicyclic) bond motifs is 1. The maximum Gasteiger partial charge on any atom is 0.259 e. The summed E-state index contributed by atoms with van der Waals surface area (Å²) in [5.74, 6) is 0.548. The minimum atomic E-state index is -0.563. The van der Waals surface area contributed by atoms with Gasteiger partial charge in [0.2, 0.25) is 0 Å². The molecule has 3 aromatic rings. The van der Waals surface area contributed by atoms with E-state index in [-0.39, 0.29) is 18.5 Å². The molecule has 0 aliphatic carbocycles. The molecule has 1 N–H and O–H groups in total. The van der Waals surface area contributed by atoms with Gasteiger partial charge in [0.25, 0.3) is 5.91 Å². The number of hydrogen-bond acceptors (Lipinski definition) is 5. The van der Waals surface area contributed by atoms with Gasteiger partial charge in [-0.1, -0.05) is 12.1 Å². The molecule has 7 heteroatoms. The Bertz CT molecular complexity index is 968. The number of carbonyl (C=O) groups is 1. The average Bonchev–Trinajstić information content (AvgIpc) is 3.24. The third-order valence-corrected chi connectivity index (χ3v) is 4.76. The number of amides is 1. The van der Waals surface area contributed by atoms with E-state index in [1.807, 2.05) is 37.3 Å². The van der Waals surface area contributed by atoms with Crippen molar-refractivity contribution in [1.29, 1.82) is 0 Å². The van der Waals surface area contributed by atoms with E-state index in [1.54, 1.807) is 22.7 Å². The number of ether oxygens (including phenoxy) is 1. The SMILES string of the molecule is COc1cccc(C2CC(O)CN2C(=O)c2cnn3ccc(C)nc23)c1.